The first kappa shape index (κ1) is 10.6. The lowest BCUT2D eigenvalue weighted by Gasteiger charge is -2.07. The monoisotopic (exact) mass is 208 g/mol. The summed E-state index contributed by atoms with van der Waals surface area (Å²) in [5.41, 5.74) is 6.82. The van der Waals surface area contributed by atoms with Gasteiger partial charge in [0, 0.05) is 17.3 Å². The van der Waals surface area contributed by atoms with Crippen LogP contribution in [-0.4, -0.2) is 5.91 Å². The Morgan fingerprint density at radius 3 is 2.93 bits per heavy atom. The number of benzene rings is 1. The van der Waals surface area contributed by atoms with Gasteiger partial charge in [0.25, 0.3) is 5.91 Å². The maximum atomic E-state index is 10.9. The van der Waals surface area contributed by atoms with Crippen molar-refractivity contribution in [1.82, 2.24) is 0 Å². The minimum atomic E-state index is -0.512. The van der Waals surface area contributed by atoms with Crippen molar-refractivity contribution in [3.63, 3.8) is 0 Å². The predicted octanol–water partition coefficient (Wildman–Crippen LogP) is 1.37. The summed E-state index contributed by atoms with van der Waals surface area (Å²) in [7, 11) is 0. The molecule has 3 nitrogen and oxygen atoms in total. The van der Waals surface area contributed by atoms with Crippen LogP contribution in [0.3, 0.4) is 0 Å². The van der Waals surface area contributed by atoms with Gasteiger partial charge in [0.1, 0.15) is 0 Å². The van der Waals surface area contributed by atoms with Crippen molar-refractivity contribution >= 4 is 23.2 Å². The van der Waals surface area contributed by atoms with E-state index in [1.54, 1.807) is 18.2 Å². The van der Waals surface area contributed by atoms with Crippen molar-refractivity contribution in [3.05, 3.63) is 28.8 Å². The SMILES string of the molecule is C#CC(=O)Nc1cc(Cl)ccc1CN. The van der Waals surface area contributed by atoms with E-state index in [0.717, 1.165) is 5.56 Å². The Morgan fingerprint density at radius 2 is 2.36 bits per heavy atom. The normalized spacial score (nSPS) is 9.21. The van der Waals surface area contributed by atoms with Gasteiger partial charge in [-0.05, 0) is 23.6 Å². The summed E-state index contributed by atoms with van der Waals surface area (Å²) in [6.07, 6.45) is 4.92. The molecule has 0 aliphatic heterocycles. The highest BCUT2D eigenvalue weighted by Crippen LogP contribution is 2.20. The highest BCUT2D eigenvalue weighted by molar-refractivity contribution is 6.31. The fourth-order valence-corrected chi connectivity index (χ4v) is 1.17. The molecule has 1 amide bonds. The van der Waals surface area contributed by atoms with Crippen molar-refractivity contribution in [2.75, 3.05) is 5.32 Å². The zero-order valence-corrected chi connectivity index (χ0v) is 8.14. The van der Waals surface area contributed by atoms with Gasteiger partial charge in [0.15, 0.2) is 0 Å². The molecule has 0 bridgehead atoms. The highest BCUT2D eigenvalue weighted by atomic mass is 35.5. The van der Waals surface area contributed by atoms with Crippen molar-refractivity contribution in [1.29, 1.82) is 0 Å². The largest absolute Gasteiger partial charge is 0.326 e. The Kier molecular flexibility index (Phi) is 3.52. The molecule has 0 fully saturated rings. The van der Waals surface area contributed by atoms with Crippen LogP contribution in [0.5, 0.6) is 0 Å². The van der Waals surface area contributed by atoms with E-state index in [9.17, 15) is 4.79 Å². The summed E-state index contributed by atoms with van der Waals surface area (Å²) in [4.78, 5) is 10.9. The molecule has 1 rings (SSSR count). The van der Waals surface area contributed by atoms with Crippen molar-refractivity contribution in [3.8, 4) is 12.3 Å². The third kappa shape index (κ3) is 2.49. The lowest BCUT2D eigenvalue weighted by Crippen LogP contribution is -2.11. The molecule has 0 aliphatic carbocycles. The number of hydrogen-bond acceptors (Lipinski definition) is 2. The molecule has 0 aliphatic rings. The predicted molar refractivity (Wildman–Crippen MR) is 56.8 cm³/mol. The molecule has 4 heteroatoms. The number of nitrogens with two attached hydrogens (primary N) is 1. The summed E-state index contributed by atoms with van der Waals surface area (Å²) < 4.78 is 0. The van der Waals surface area contributed by atoms with E-state index in [0.29, 0.717) is 17.3 Å². The topological polar surface area (TPSA) is 55.1 Å². The molecule has 0 saturated carbocycles. The molecular weight excluding hydrogens is 200 g/mol. The van der Waals surface area contributed by atoms with Crippen LogP contribution in [0.4, 0.5) is 5.69 Å². The number of hydrogen-bond donors (Lipinski definition) is 2. The van der Waals surface area contributed by atoms with Gasteiger partial charge in [-0.25, -0.2) is 0 Å². The molecule has 0 atom stereocenters. The van der Waals surface area contributed by atoms with E-state index in [-0.39, 0.29) is 0 Å². The van der Waals surface area contributed by atoms with Gasteiger partial charge in [-0.15, -0.1) is 6.42 Å². The zero-order valence-electron chi connectivity index (χ0n) is 7.38. The van der Waals surface area contributed by atoms with Gasteiger partial charge in [0.2, 0.25) is 0 Å². The van der Waals surface area contributed by atoms with Gasteiger partial charge < -0.3 is 11.1 Å². The smallest absolute Gasteiger partial charge is 0.300 e. The average Bonchev–Trinajstić information content (AvgIpc) is 2.18. The lowest BCUT2D eigenvalue weighted by molar-refractivity contribution is -0.111. The Morgan fingerprint density at radius 1 is 1.64 bits per heavy atom. The quantitative estimate of drug-likeness (QED) is 0.722. The number of amides is 1. The van der Waals surface area contributed by atoms with E-state index in [1.807, 2.05) is 5.92 Å². The maximum Gasteiger partial charge on any atom is 0.300 e. The number of rotatable bonds is 2. The molecule has 0 radical (unpaired) electrons. The Hall–Kier alpha value is -1.50. The summed E-state index contributed by atoms with van der Waals surface area (Å²) in [6.45, 7) is 0.317. The second-order valence-corrected chi connectivity index (χ2v) is 3.04. The Balaban J connectivity index is 3.00. The van der Waals surface area contributed by atoms with Crippen molar-refractivity contribution in [2.45, 2.75) is 6.54 Å². The number of anilines is 1. The van der Waals surface area contributed by atoms with Crippen LogP contribution >= 0.6 is 11.6 Å². The van der Waals surface area contributed by atoms with Crippen LogP contribution in [0.25, 0.3) is 0 Å². The van der Waals surface area contributed by atoms with Gasteiger partial charge in [-0.1, -0.05) is 17.7 Å². The fraction of sp³-hybridized carbons (Fsp3) is 0.100. The van der Waals surface area contributed by atoms with Crippen LogP contribution < -0.4 is 11.1 Å². The third-order valence-electron chi connectivity index (χ3n) is 1.67. The van der Waals surface area contributed by atoms with Gasteiger partial charge >= 0.3 is 0 Å². The second kappa shape index (κ2) is 4.66. The van der Waals surface area contributed by atoms with E-state index in [2.05, 4.69) is 5.32 Å². The number of halogens is 1. The standard InChI is InChI=1S/C10H9ClN2O/c1-2-10(14)13-9-5-8(11)4-3-7(9)6-12/h1,3-5H,6,12H2,(H,13,14). The average molecular weight is 209 g/mol. The number of carbonyl (C=O) groups excluding carboxylic acids is 1. The van der Waals surface area contributed by atoms with Crippen LogP contribution in [0, 0.1) is 12.3 Å². The molecule has 0 heterocycles. The van der Waals surface area contributed by atoms with E-state index >= 15 is 0 Å². The number of carbonyl (C=O) groups is 1. The number of terminal acetylenes is 1. The Bertz CT molecular complexity index is 396. The van der Waals surface area contributed by atoms with Crippen LogP contribution in [0.1, 0.15) is 5.56 Å². The molecule has 0 aromatic heterocycles. The summed E-state index contributed by atoms with van der Waals surface area (Å²) in [5, 5.41) is 3.04. The van der Waals surface area contributed by atoms with Crippen molar-refractivity contribution < 1.29 is 4.79 Å². The van der Waals surface area contributed by atoms with Crippen LogP contribution in [0.2, 0.25) is 5.02 Å². The summed E-state index contributed by atoms with van der Waals surface area (Å²) >= 11 is 5.76. The molecule has 72 valence electrons. The third-order valence-corrected chi connectivity index (χ3v) is 1.91. The van der Waals surface area contributed by atoms with Crippen molar-refractivity contribution in [2.24, 2.45) is 5.73 Å². The minimum Gasteiger partial charge on any atom is -0.326 e. The zero-order chi connectivity index (χ0) is 10.6. The van der Waals surface area contributed by atoms with Gasteiger partial charge in [-0.3, -0.25) is 4.79 Å². The first-order chi connectivity index (χ1) is 6.67. The minimum absolute atomic E-state index is 0.317. The van der Waals surface area contributed by atoms with Crippen LogP contribution in [-0.2, 0) is 11.3 Å². The summed E-state index contributed by atoms with van der Waals surface area (Å²) in [6, 6.07) is 5.06. The molecule has 3 N–H and O–H groups in total. The maximum absolute atomic E-state index is 10.9. The highest BCUT2D eigenvalue weighted by Gasteiger charge is 2.04. The lowest BCUT2D eigenvalue weighted by atomic mass is 10.2. The molecule has 0 spiro atoms. The first-order valence-electron chi connectivity index (χ1n) is 3.93. The molecule has 0 saturated heterocycles. The Labute approximate surface area is 87.2 Å². The second-order valence-electron chi connectivity index (χ2n) is 2.60. The molecular formula is C10H9ClN2O. The van der Waals surface area contributed by atoms with E-state index in [1.165, 1.54) is 0 Å². The van der Waals surface area contributed by atoms with E-state index in [4.69, 9.17) is 23.8 Å². The van der Waals surface area contributed by atoms with Crippen LogP contribution in [0.15, 0.2) is 18.2 Å². The van der Waals surface area contributed by atoms with Gasteiger partial charge in [-0.2, -0.15) is 0 Å². The number of nitrogens with one attached hydrogen (secondary N) is 1. The fourth-order valence-electron chi connectivity index (χ4n) is 1.00. The van der Waals surface area contributed by atoms with Gasteiger partial charge in [0.05, 0.1) is 0 Å². The molecule has 14 heavy (non-hydrogen) atoms. The van der Waals surface area contributed by atoms with E-state index < -0.39 is 5.91 Å². The molecule has 1 aromatic rings. The molecule has 0 unspecified atom stereocenters. The summed E-state index contributed by atoms with van der Waals surface area (Å²) in [5.74, 6) is 1.44. The first-order valence-corrected chi connectivity index (χ1v) is 4.31. The molecule has 1 aromatic carbocycles.